The highest BCUT2D eigenvalue weighted by atomic mass is 32.2. The summed E-state index contributed by atoms with van der Waals surface area (Å²) in [5.74, 6) is 4.82. The van der Waals surface area contributed by atoms with Gasteiger partial charge < -0.3 is 9.84 Å². The summed E-state index contributed by atoms with van der Waals surface area (Å²) in [6, 6.07) is 0.143. The Bertz CT molecular complexity index is 309. The molecule has 0 bridgehead atoms. The number of hydrogen-bond donors (Lipinski definition) is 1. The molecule has 15 heavy (non-hydrogen) atoms. The molecule has 0 spiro atoms. The molecule has 0 radical (unpaired) electrons. The number of thioether (sulfide) groups is 1. The Morgan fingerprint density at radius 2 is 2.53 bits per heavy atom. The zero-order valence-corrected chi connectivity index (χ0v) is 10.0. The van der Waals surface area contributed by atoms with Crippen molar-refractivity contribution in [3.05, 3.63) is 11.7 Å². The Kier molecular flexibility index (Phi) is 3.64. The summed E-state index contributed by atoms with van der Waals surface area (Å²) < 4.78 is 5.20. The first-order valence-corrected chi connectivity index (χ1v) is 6.52. The van der Waals surface area contributed by atoms with Gasteiger partial charge in [-0.15, -0.1) is 0 Å². The first-order chi connectivity index (χ1) is 7.29. The highest BCUT2D eigenvalue weighted by Crippen LogP contribution is 2.26. The molecule has 4 nitrogen and oxygen atoms in total. The molecule has 1 aromatic heterocycles. The van der Waals surface area contributed by atoms with E-state index >= 15 is 0 Å². The standard InChI is InChI=1S/C10H17N3OS/c1-7(11-2)10-12-9(13-14-10)5-8-3-4-15-6-8/h7-8,11H,3-6H2,1-2H3. The topological polar surface area (TPSA) is 51.0 Å². The van der Waals surface area contributed by atoms with Gasteiger partial charge in [-0.05, 0) is 37.8 Å². The highest BCUT2D eigenvalue weighted by molar-refractivity contribution is 7.99. The second-order valence-electron chi connectivity index (χ2n) is 3.99. The monoisotopic (exact) mass is 227 g/mol. The molecule has 1 aromatic rings. The van der Waals surface area contributed by atoms with Crippen LogP contribution in [0.4, 0.5) is 0 Å². The van der Waals surface area contributed by atoms with E-state index in [0.717, 1.165) is 18.2 Å². The molecule has 0 saturated carbocycles. The summed E-state index contributed by atoms with van der Waals surface area (Å²) in [5.41, 5.74) is 0. The van der Waals surface area contributed by atoms with Crippen molar-refractivity contribution in [2.45, 2.75) is 25.8 Å². The number of aromatic nitrogens is 2. The van der Waals surface area contributed by atoms with E-state index in [4.69, 9.17) is 4.52 Å². The van der Waals surface area contributed by atoms with Gasteiger partial charge in [-0.1, -0.05) is 5.16 Å². The smallest absolute Gasteiger partial charge is 0.243 e. The molecule has 1 aliphatic rings. The molecule has 1 N–H and O–H groups in total. The van der Waals surface area contributed by atoms with Crippen molar-refractivity contribution >= 4 is 11.8 Å². The van der Waals surface area contributed by atoms with Crippen LogP contribution >= 0.6 is 11.8 Å². The minimum Gasteiger partial charge on any atom is -0.338 e. The third-order valence-corrected chi connectivity index (χ3v) is 4.01. The minimum atomic E-state index is 0.143. The van der Waals surface area contributed by atoms with Crippen LogP contribution in [0, 0.1) is 5.92 Å². The van der Waals surface area contributed by atoms with Gasteiger partial charge in [0.1, 0.15) is 0 Å². The predicted octanol–water partition coefficient (Wildman–Crippen LogP) is 1.65. The van der Waals surface area contributed by atoms with Crippen LogP contribution in [0.3, 0.4) is 0 Å². The average Bonchev–Trinajstić information content (AvgIpc) is 2.88. The molecule has 2 rings (SSSR count). The summed E-state index contributed by atoms with van der Waals surface area (Å²) in [5, 5.41) is 7.10. The van der Waals surface area contributed by atoms with Crippen molar-refractivity contribution in [2.24, 2.45) is 5.92 Å². The van der Waals surface area contributed by atoms with E-state index in [2.05, 4.69) is 15.5 Å². The Balaban J connectivity index is 1.94. The summed E-state index contributed by atoms with van der Waals surface area (Å²) in [7, 11) is 1.89. The molecule has 0 aliphatic carbocycles. The minimum absolute atomic E-state index is 0.143. The Hall–Kier alpha value is -0.550. The van der Waals surface area contributed by atoms with Gasteiger partial charge in [0.15, 0.2) is 5.82 Å². The second kappa shape index (κ2) is 4.99. The maximum Gasteiger partial charge on any atom is 0.243 e. The van der Waals surface area contributed by atoms with E-state index in [0.29, 0.717) is 5.89 Å². The second-order valence-corrected chi connectivity index (χ2v) is 5.14. The van der Waals surface area contributed by atoms with E-state index in [1.165, 1.54) is 17.9 Å². The van der Waals surface area contributed by atoms with Crippen molar-refractivity contribution in [3.8, 4) is 0 Å². The van der Waals surface area contributed by atoms with Gasteiger partial charge in [0.05, 0.1) is 6.04 Å². The lowest BCUT2D eigenvalue weighted by Crippen LogP contribution is -2.12. The average molecular weight is 227 g/mol. The number of rotatable bonds is 4. The molecule has 5 heteroatoms. The Labute approximate surface area is 94.2 Å². The largest absolute Gasteiger partial charge is 0.338 e. The normalized spacial score (nSPS) is 23.2. The van der Waals surface area contributed by atoms with Gasteiger partial charge in [0.25, 0.3) is 0 Å². The van der Waals surface area contributed by atoms with Crippen molar-refractivity contribution in [2.75, 3.05) is 18.6 Å². The highest BCUT2D eigenvalue weighted by Gasteiger charge is 2.19. The number of hydrogen-bond acceptors (Lipinski definition) is 5. The summed E-state index contributed by atoms with van der Waals surface area (Å²) in [6.07, 6.45) is 2.25. The first kappa shape index (κ1) is 11.0. The van der Waals surface area contributed by atoms with Crippen LogP contribution in [0.5, 0.6) is 0 Å². The molecular weight excluding hydrogens is 210 g/mol. The fourth-order valence-corrected chi connectivity index (χ4v) is 2.94. The molecule has 1 aliphatic heterocycles. The van der Waals surface area contributed by atoms with Gasteiger partial charge in [-0.25, -0.2) is 0 Å². The van der Waals surface area contributed by atoms with Gasteiger partial charge in [0, 0.05) is 6.42 Å². The van der Waals surface area contributed by atoms with E-state index < -0.39 is 0 Å². The lowest BCUT2D eigenvalue weighted by atomic mass is 10.1. The van der Waals surface area contributed by atoms with Crippen LogP contribution in [0.1, 0.15) is 31.1 Å². The zero-order chi connectivity index (χ0) is 10.7. The van der Waals surface area contributed by atoms with Crippen LogP contribution in [0.25, 0.3) is 0 Å². The van der Waals surface area contributed by atoms with Crippen LogP contribution in [0.15, 0.2) is 4.52 Å². The first-order valence-electron chi connectivity index (χ1n) is 5.37. The van der Waals surface area contributed by atoms with Gasteiger partial charge in [-0.3, -0.25) is 0 Å². The zero-order valence-electron chi connectivity index (χ0n) is 9.19. The Morgan fingerprint density at radius 1 is 1.67 bits per heavy atom. The maximum absolute atomic E-state index is 5.20. The molecule has 0 aromatic carbocycles. The third kappa shape index (κ3) is 2.72. The maximum atomic E-state index is 5.20. The number of nitrogens with zero attached hydrogens (tertiary/aromatic N) is 2. The van der Waals surface area contributed by atoms with E-state index in [1.807, 2.05) is 25.7 Å². The summed E-state index contributed by atoms with van der Waals surface area (Å²) in [4.78, 5) is 4.39. The van der Waals surface area contributed by atoms with Gasteiger partial charge in [-0.2, -0.15) is 16.7 Å². The number of nitrogens with one attached hydrogen (secondary N) is 1. The molecule has 2 unspecified atom stereocenters. The van der Waals surface area contributed by atoms with Crippen LogP contribution in [-0.2, 0) is 6.42 Å². The molecule has 1 fully saturated rings. The van der Waals surface area contributed by atoms with E-state index in [1.54, 1.807) is 0 Å². The van der Waals surface area contributed by atoms with Crippen molar-refractivity contribution in [3.63, 3.8) is 0 Å². The molecule has 2 heterocycles. The molecule has 0 amide bonds. The van der Waals surface area contributed by atoms with Crippen LogP contribution in [0.2, 0.25) is 0 Å². The molecule has 1 saturated heterocycles. The molecular formula is C10H17N3OS. The van der Waals surface area contributed by atoms with Crippen molar-refractivity contribution in [1.82, 2.24) is 15.5 Å². The lowest BCUT2D eigenvalue weighted by Gasteiger charge is -2.03. The quantitative estimate of drug-likeness (QED) is 0.847. The molecule has 2 atom stereocenters. The summed E-state index contributed by atoms with van der Waals surface area (Å²) in [6.45, 7) is 2.02. The Morgan fingerprint density at radius 3 is 3.20 bits per heavy atom. The molecule has 84 valence electrons. The van der Waals surface area contributed by atoms with Crippen LogP contribution < -0.4 is 5.32 Å². The third-order valence-electron chi connectivity index (χ3n) is 2.78. The van der Waals surface area contributed by atoms with Crippen molar-refractivity contribution in [1.29, 1.82) is 0 Å². The summed E-state index contributed by atoms with van der Waals surface area (Å²) >= 11 is 2.02. The van der Waals surface area contributed by atoms with Crippen LogP contribution in [-0.4, -0.2) is 28.7 Å². The predicted molar refractivity (Wildman–Crippen MR) is 60.9 cm³/mol. The SMILES string of the molecule is CNC(C)c1nc(CC2CCSC2)no1. The van der Waals surface area contributed by atoms with E-state index in [-0.39, 0.29) is 6.04 Å². The fourth-order valence-electron chi connectivity index (χ4n) is 1.65. The fraction of sp³-hybridized carbons (Fsp3) is 0.800. The van der Waals surface area contributed by atoms with Gasteiger partial charge >= 0.3 is 0 Å². The van der Waals surface area contributed by atoms with Crippen molar-refractivity contribution < 1.29 is 4.52 Å². The van der Waals surface area contributed by atoms with Gasteiger partial charge in [0.2, 0.25) is 5.89 Å². The van der Waals surface area contributed by atoms with E-state index in [9.17, 15) is 0 Å². The lowest BCUT2D eigenvalue weighted by molar-refractivity contribution is 0.342.